The molecule has 1 saturated heterocycles. The average Bonchev–Trinajstić information content (AvgIpc) is 2.67. The first-order valence-electron chi connectivity index (χ1n) is 9.08. The van der Waals surface area contributed by atoms with Gasteiger partial charge in [0, 0.05) is 0 Å². The lowest BCUT2D eigenvalue weighted by Gasteiger charge is -2.29. The fraction of sp³-hybridized carbons (Fsp3) is 0.227. The molecule has 1 aliphatic heterocycles. The summed E-state index contributed by atoms with van der Waals surface area (Å²) in [4.78, 5) is 26.8. The molecule has 150 valence electrons. The van der Waals surface area contributed by atoms with Crippen LogP contribution in [0.25, 0.3) is 6.08 Å². The Morgan fingerprint density at radius 2 is 1.83 bits per heavy atom. The number of anilines is 1. The van der Waals surface area contributed by atoms with Gasteiger partial charge in [0.25, 0.3) is 11.8 Å². The molecule has 2 amide bonds. The molecule has 29 heavy (non-hydrogen) atoms. The second-order valence-corrected chi connectivity index (χ2v) is 7.43. The third-order valence-electron chi connectivity index (χ3n) is 4.73. The highest BCUT2D eigenvalue weighted by molar-refractivity contribution is 7.80. The van der Waals surface area contributed by atoms with Crippen molar-refractivity contribution in [2.45, 2.75) is 26.7 Å². The Bertz CT molecular complexity index is 1030. The Kier molecular flexibility index (Phi) is 5.79. The smallest absolute Gasteiger partial charge is 0.270 e. The molecule has 0 radical (unpaired) electrons. The lowest BCUT2D eigenvalue weighted by molar-refractivity contribution is -0.122. The number of carbonyl (C=O) groups excluding carboxylic acids is 2. The van der Waals surface area contributed by atoms with E-state index in [9.17, 15) is 14.0 Å². The van der Waals surface area contributed by atoms with Crippen LogP contribution in [0.15, 0.2) is 42.0 Å². The summed E-state index contributed by atoms with van der Waals surface area (Å²) < 4.78 is 18.7. The minimum Gasteiger partial charge on any atom is -0.496 e. The quantitative estimate of drug-likeness (QED) is 0.467. The molecular weight excluding hydrogens is 391 g/mol. The van der Waals surface area contributed by atoms with Crippen molar-refractivity contribution in [2.24, 2.45) is 0 Å². The summed E-state index contributed by atoms with van der Waals surface area (Å²) in [6, 6.07) is 9.13. The van der Waals surface area contributed by atoms with Gasteiger partial charge in [0.2, 0.25) is 0 Å². The normalized spacial score (nSPS) is 15.9. The van der Waals surface area contributed by atoms with Gasteiger partial charge in [-0.1, -0.05) is 13.8 Å². The van der Waals surface area contributed by atoms with E-state index in [2.05, 4.69) is 5.32 Å². The number of methoxy groups -OCH3 is 1. The molecule has 1 aliphatic rings. The molecule has 0 bridgehead atoms. The van der Waals surface area contributed by atoms with E-state index in [0.717, 1.165) is 22.4 Å². The van der Waals surface area contributed by atoms with Gasteiger partial charge in [-0.15, -0.1) is 0 Å². The van der Waals surface area contributed by atoms with Crippen LogP contribution in [0, 0.1) is 12.7 Å². The lowest BCUT2D eigenvalue weighted by Crippen LogP contribution is -2.54. The predicted octanol–water partition coefficient (Wildman–Crippen LogP) is 4.10. The number of ether oxygens (including phenoxy) is 1. The summed E-state index contributed by atoms with van der Waals surface area (Å²) in [5, 5.41) is 2.49. The van der Waals surface area contributed by atoms with Gasteiger partial charge in [-0.25, -0.2) is 4.39 Å². The Morgan fingerprint density at radius 1 is 1.17 bits per heavy atom. The summed E-state index contributed by atoms with van der Waals surface area (Å²) in [7, 11) is 1.61. The van der Waals surface area contributed by atoms with Crippen molar-refractivity contribution in [1.82, 2.24) is 5.32 Å². The van der Waals surface area contributed by atoms with Gasteiger partial charge in [0.1, 0.15) is 17.1 Å². The molecule has 7 heteroatoms. The van der Waals surface area contributed by atoms with Crippen molar-refractivity contribution >= 4 is 40.9 Å². The van der Waals surface area contributed by atoms with Crippen LogP contribution in [0.5, 0.6) is 5.75 Å². The van der Waals surface area contributed by atoms with Crippen LogP contribution >= 0.6 is 12.2 Å². The van der Waals surface area contributed by atoms with Gasteiger partial charge in [-0.3, -0.25) is 19.8 Å². The highest BCUT2D eigenvalue weighted by atomic mass is 32.1. The molecule has 2 aromatic carbocycles. The monoisotopic (exact) mass is 412 g/mol. The molecule has 0 aromatic heterocycles. The number of halogens is 1. The van der Waals surface area contributed by atoms with Crippen LogP contribution in [0.4, 0.5) is 10.1 Å². The first-order valence-corrected chi connectivity index (χ1v) is 9.49. The number of aryl methyl sites for hydroxylation is 1. The van der Waals surface area contributed by atoms with E-state index in [0.29, 0.717) is 5.69 Å². The van der Waals surface area contributed by atoms with Gasteiger partial charge < -0.3 is 4.74 Å². The van der Waals surface area contributed by atoms with Crippen LogP contribution in [0.1, 0.15) is 36.5 Å². The molecule has 0 aliphatic carbocycles. The Hall–Kier alpha value is -3.06. The molecule has 1 heterocycles. The van der Waals surface area contributed by atoms with Crippen molar-refractivity contribution in [3.63, 3.8) is 0 Å². The minimum absolute atomic E-state index is 0.0434. The SMILES string of the molecule is COc1cc(C)c(C=C2C(=O)NC(=S)N(c3ccc(F)cc3)C2=O)cc1C(C)C. The zero-order chi connectivity index (χ0) is 21.3. The largest absolute Gasteiger partial charge is 0.496 e. The molecule has 0 unspecified atom stereocenters. The summed E-state index contributed by atoms with van der Waals surface area (Å²) >= 11 is 5.16. The number of nitrogens with one attached hydrogen (secondary N) is 1. The van der Waals surface area contributed by atoms with E-state index in [1.54, 1.807) is 13.2 Å². The van der Waals surface area contributed by atoms with E-state index in [-0.39, 0.29) is 16.6 Å². The van der Waals surface area contributed by atoms with E-state index < -0.39 is 17.6 Å². The van der Waals surface area contributed by atoms with Crippen LogP contribution in [0.2, 0.25) is 0 Å². The number of nitrogens with zero attached hydrogens (tertiary/aromatic N) is 1. The van der Waals surface area contributed by atoms with Crippen molar-refractivity contribution in [2.75, 3.05) is 12.0 Å². The van der Waals surface area contributed by atoms with Crippen molar-refractivity contribution in [1.29, 1.82) is 0 Å². The third kappa shape index (κ3) is 4.05. The first-order chi connectivity index (χ1) is 13.7. The highest BCUT2D eigenvalue weighted by Crippen LogP contribution is 2.31. The summed E-state index contributed by atoms with van der Waals surface area (Å²) in [5.41, 5.74) is 2.90. The van der Waals surface area contributed by atoms with Gasteiger partial charge in [0.05, 0.1) is 12.8 Å². The Labute approximate surface area is 174 Å². The zero-order valence-corrected chi connectivity index (χ0v) is 17.4. The minimum atomic E-state index is -0.570. The Morgan fingerprint density at radius 3 is 2.41 bits per heavy atom. The molecule has 0 saturated carbocycles. The fourth-order valence-electron chi connectivity index (χ4n) is 3.14. The standard InChI is InChI=1S/C22H21FN2O3S/c1-12(2)17-10-14(13(3)9-19(17)28-4)11-18-20(26)24-22(29)25(21(18)27)16-7-5-15(23)6-8-16/h5-12H,1-4H3,(H,24,26,29). The summed E-state index contributed by atoms with van der Waals surface area (Å²) in [6.45, 7) is 5.96. The maximum Gasteiger partial charge on any atom is 0.270 e. The number of amides is 2. The highest BCUT2D eigenvalue weighted by Gasteiger charge is 2.34. The van der Waals surface area contributed by atoms with Gasteiger partial charge >= 0.3 is 0 Å². The molecule has 3 rings (SSSR count). The van der Waals surface area contributed by atoms with Crippen molar-refractivity contribution < 1.29 is 18.7 Å². The summed E-state index contributed by atoms with van der Waals surface area (Å²) in [5.74, 6) is -0.611. The number of thiocarbonyl (C=S) groups is 1. The zero-order valence-electron chi connectivity index (χ0n) is 16.6. The topological polar surface area (TPSA) is 58.6 Å². The number of rotatable bonds is 4. The predicted molar refractivity (Wildman–Crippen MR) is 114 cm³/mol. The maximum atomic E-state index is 13.3. The van der Waals surface area contributed by atoms with Gasteiger partial charge in [-0.05, 0) is 84.2 Å². The van der Waals surface area contributed by atoms with Crippen LogP contribution < -0.4 is 15.0 Å². The maximum absolute atomic E-state index is 13.3. The molecule has 1 N–H and O–H groups in total. The Balaban J connectivity index is 2.07. The van der Waals surface area contributed by atoms with Crippen LogP contribution in [-0.2, 0) is 9.59 Å². The second kappa shape index (κ2) is 8.13. The van der Waals surface area contributed by atoms with E-state index in [1.807, 2.05) is 32.9 Å². The molecule has 0 atom stereocenters. The van der Waals surface area contributed by atoms with Gasteiger partial charge in [-0.2, -0.15) is 0 Å². The van der Waals surface area contributed by atoms with Crippen molar-refractivity contribution in [3.05, 3.63) is 64.5 Å². The number of hydrogen-bond acceptors (Lipinski definition) is 4. The number of carbonyl (C=O) groups is 2. The van der Waals surface area contributed by atoms with E-state index >= 15 is 0 Å². The molecule has 0 spiro atoms. The molecule has 5 nitrogen and oxygen atoms in total. The van der Waals surface area contributed by atoms with Crippen LogP contribution in [0.3, 0.4) is 0 Å². The van der Waals surface area contributed by atoms with Gasteiger partial charge in [0.15, 0.2) is 5.11 Å². The van der Waals surface area contributed by atoms with Crippen molar-refractivity contribution in [3.8, 4) is 5.75 Å². The summed E-state index contributed by atoms with van der Waals surface area (Å²) in [6.07, 6.45) is 1.55. The fourth-order valence-corrected chi connectivity index (χ4v) is 3.42. The lowest BCUT2D eigenvalue weighted by atomic mass is 9.95. The number of benzene rings is 2. The number of hydrogen-bond donors (Lipinski definition) is 1. The van der Waals surface area contributed by atoms with Crippen LogP contribution in [-0.4, -0.2) is 24.0 Å². The first kappa shape index (κ1) is 20.7. The average molecular weight is 412 g/mol. The van der Waals surface area contributed by atoms with E-state index in [4.69, 9.17) is 17.0 Å². The van der Waals surface area contributed by atoms with E-state index in [1.165, 1.54) is 29.2 Å². The molecular formula is C22H21FN2O3S. The molecule has 2 aromatic rings. The molecule has 1 fully saturated rings. The second-order valence-electron chi connectivity index (χ2n) is 7.04. The third-order valence-corrected chi connectivity index (χ3v) is 5.01.